The van der Waals surface area contributed by atoms with E-state index in [0.29, 0.717) is 5.56 Å². The van der Waals surface area contributed by atoms with Crippen LogP contribution in [0.25, 0.3) is 16.9 Å². The average molecular weight is 481 g/mol. The molecule has 1 N–H and O–H groups in total. The van der Waals surface area contributed by atoms with Gasteiger partial charge in [0.05, 0.1) is 23.4 Å². The molecule has 1 heterocycles. The van der Waals surface area contributed by atoms with Gasteiger partial charge in [0, 0.05) is 5.56 Å². The summed E-state index contributed by atoms with van der Waals surface area (Å²) in [7, 11) is -2.98. The maximum atomic E-state index is 13.3. The van der Waals surface area contributed by atoms with Crippen molar-refractivity contribution in [3.05, 3.63) is 65.9 Å². The number of carbonyl (C=O) groups is 1. The molecule has 0 unspecified atom stereocenters. The predicted molar refractivity (Wildman–Crippen MR) is 115 cm³/mol. The van der Waals surface area contributed by atoms with Crippen LogP contribution in [0.1, 0.15) is 25.1 Å². The Morgan fingerprint density at radius 1 is 1.03 bits per heavy atom. The highest BCUT2D eigenvalue weighted by Crippen LogP contribution is 2.33. The number of aromatic nitrogens is 2. The number of esters is 1. The van der Waals surface area contributed by atoms with Gasteiger partial charge in [-0.25, -0.2) is 13.1 Å². The topological polar surface area (TPSA) is 90.3 Å². The zero-order valence-corrected chi connectivity index (χ0v) is 19.1. The van der Waals surface area contributed by atoms with Crippen molar-refractivity contribution in [3.8, 4) is 16.9 Å². The number of rotatable bonds is 6. The Bertz CT molecular complexity index is 1260. The van der Waals surface area contributed by atoms with Crippen LogP contribution in [-0.4, -0.2) is 36.8 Å². The minimum atomic E-state index is -4.66. The number of hydrogen-bond acceptors (Lipinski definition) is 5. The van der Waals surface area contributed by atoms with Crippen LogP contribution in [0, 0.1) is 6.92 Å². The minimum Gasteiger partial charge on any atom is -0.468 e. The van der Waals surface area contributed by atoms with Crippen molar-refractivity contribution in [2.75, 3.05) is 7.11 Å². The number of sulfonamides is 1. The zero-order chi connectivity index (χ0) is 24.6. The van der Waals surface area contributed by atoms with Crippen LogP contribution in [0.5, 0.6) is 0 Å². The van der Waals surface area contributed by atoms with E-state index in [2.05, 4.69) is 14.6 Å². The van der Waals surface area contributed by atoms with Gasteiger partial charge in [0.1, 0.15) is 5.54 Å². The van der Waals surface area contributed by atoms with Crippen molar-refractivity contribution in [1.29, 1.82) is 0 Å². The van der Waals surface area contributed by atoms with Crippen molar-refractivity contribution in [2.24, 2.45) is 0 Å². The van der Waals surface area contributed by atoms with Crippen LogP contribution in [0.2, 0.25) is 0 Å². The molecule has 0 radical (unpaired) electrons. The second kappa shape index (κ2) is 8.64. The number of nitrogens with zero attached hydrogens (tertiary/aromatic N) is 2. The van der Waals surface area contributed by atoms with Crippen LogP contribution >= 0.6 is 0 Å². The molecular formula is C22H22F3N3O4S. The molecule has 11 heteroatoms. The van der Waals surface area contributed by atoms with Gasteiger partial charge in [-0.15, -0.1) is 0 Å². The molecule has 1 aromatic heterocycles. The Balaban J connectivity index is 2.02. The van der Waals surface area contributed by atoms with Crippen LogP contribution in [0.15, 0.2) is 59.5 Å². The molecule has 3 aromatic rings. The Labute approximate surface area is 189 Å². The normalized spacial score (nSPS) is 12.6. The first-order valence-electron chi connectivity index (χ1n) is 9.72. The molecule has 0 amide bonds. The van der Waals surface area contributed by atoms with Gasteiger partial charge in [-0.2, -0.15) is 23.0 Å². The van der Waals surface area contributed by atoms with Crippen LogP contribution in [-0.2, 0) is 25.7 Å². The van der Waals surface area contributed by atoms with Gasteiger partial charge in [-0.05, 0) is 51.1 Å². The molecule has 0 fully saturated rings. The van der Waals surface area contributed by atoms with Gasteiger partial charge >= 0.3 is 12.1 Å². The molecular weight excluding hydrogens is 459 g/mol. The fourth-order valence-corrected chi connectivity index (χ4v) is 4.47. The van der Waals surface area contributed by atoms with E-state index in [1.807, 2.05) is 6.92 Å². The van der Waals surface area contributed by atoms with Gasteiger partial charge in [0.2, 0.25) is 10.0 Å². The number of aryl methyl sites for hydroxylation is 1. The summed E-state index contributed by atoms with van der Waals surface area (Å²) in [5.74, 6) is -0.776. The Morgan fingerprint density at radius 2 is 1.61 bits per heavy atom. The van der Waals surface area contributed by atoms with Gasteiger partial charge in [-0.3, -0.25) is 4.79 Å². The lowest BCUT2D eigenvalue weighted by atomic mass is 10.1. The third kappa shape index (κ3) is 5.25. The van der Waals surface area contributed by atoms with E-state index < -0.39 is 33.4 Å². The molecule has 33 heavy (non-hydrogen) atoms. The van der Waals surface area contributed by atoms with Crippen molar-refractivity contribution in [1.82, 2.24) is 14.5 Å². The Kier molecular flexibility index (Phi) is 6.40. The average Bonchev–Trinajstić information content (AvgIpc) is 3.19. The summed E-state index contributed by atoms with van der Waals surface area (Å²) >= 11 is 0. The quantitative estimate of drug-likeness (QED) is 0.536. The van der Waals surface area contributed by atoms with E-state index in [-0.39, 0.29) is 16.3 Å². The number of alkyl halides is 3. The van der Waals surface area contributed by atoms with E-state index in [1.165, 1.54) is 38.1 Å². The van der Waals surface area contributed by atoms with Crippen molar-refractivity contribution in [3.63, 3.8) is 0 Å². The zero-order valence-electron chi connectivity index (χ0n) is 18.3. The lowest BCUT2D eigenvalue weighted by molar-refractivity contribution is -0.146. The standard InChI is InChI=1S/C22H22F3N3O4S/c1-14-5-7-15(8-6-14)18-13-19(22(23,24)25)26-28(18)16-9-11-17(12-10-16)33(30,31)27-21(2,3)20(29)32-4/h5-13,27H,1-4H3. The molecule has 0 saturated heterocycles. The van der Waals surface area contributed by atoms with E-state index in [0.717, 1.165) is 23.4 Å². The minimum absolute atomic E-state index is 0.177. The van der Waals surface area contributed by atoms with Gasteiger partial charge in [-0.1, -0.05) is 29.8 Å². The predicted octanol–water partition coefficient (Wildman–Crippen LogP) is 4.10. The van der Waals surface area contributed by atoms with Gasteiger partial charge in [0.15, 0.2) is 5.69 Å². The Hall–Kier alpha value is -3.18. The molecule has 3 rings (SSSR count). The maximum Gasteiger partial charge on any atom is 0.435 e. The van der Waals surface area contributed by atoms with E-state index in [4.69, 9.17) is 0 Å². The molecule has 0 saturated carbocycles. The lowest BCUT2D eigenvalue weighted by Crippen LogP contribution is -2.50. The number of halogens is 3. The highest BCUT2D eigenvalue weighted by atomic mass is 32.2. The first-order chi connectivity index (χ1) is 15.2. The fraction of sp³-hybridized carbons (Fsp3) is 0.273. The molecule has 176 valence electrons. The van der Waals surface area contributed by atoms with Crippen LogP contribution in [0.4, 0.5) is 13.2 Å². The summed E-state index contributed by atoms with van der Waals surface area (Å²) in [5, 5.41) is 3.70. The maximum absolute atomic E-state index is 13.3. The van der Waals surface area contributed by atoms with E-state index in [1.54, 1.807) is 24.3 Å². The molecule has 0 bridgehead atoms. The lowest BCUT2D eigenvalue weighted by Gasteiger charge is -2.22. The van der Waals surface area contributed by atoms with E-state index in [9.17, 15) is 26.4 Å². The Morgan fingerprint density at radius 3 is 2.12 bits per heavy atom. The highest BCUT2D eigenvalue weighted by molar-refractivity contribution is 7.89. The number of benzene rings is 2. The van der Waals surface area contributed by atoms with Crippen molar-refractivity contribution in [2.45, 2.75) is 37.4 Å². The number of ether oxygens (including phenoxy) is 1. The summed E-state index contributed by atoms with van der Waals surface area (Å²) in [4.78, 5) is 11.6. The van der Waals surface area contributed by atoms with Crippen molar-refractivity contribution >= 4 is 16.0 Å². The number of carbonyl (C=O) groups excluding carboxylic acids is 1. The summed E-state index contributed by atoms with van der Waals surface area (Å²) < 4.78 is 73.4. The van der Waals surface area contributed by atoms with Crippen LogP contribution in [0.3, 0.4) is 0 Å². The number of nitrogens with one attached hydrogen (secondary N) is 1. The highest BCUT2D eigenvalue weighted by Gasteiger charge is 2.36. The first-order valence-corrected chi connectivity index (χ1v) is 11.2. The largest absolute Gasteiger partial charge is 0.468 e. The summed E-state index contributed by atoms with van der Waals surface area (Å²) in [5.41, 5.74) is -0.708. The molecule has 0 aliphatic heterocycles. The smallest absolute Gasteiger partial charge is 0.435 e. The third-order valence-corrected chi connectivity index (χ3v) is 6.50. The SMILES string of the molecule is COC(=O)C(C)(C)NS(=O)(=O)c1ccc(-n2nc(C(F)(F)F)cc2-c2ccc(C)cc2)cc1. The van der Waals surface area contributed by atoms with Crippen molar-refractivity contribution < 1.29 is 31.1 Å². The third-order valence-electron chi connectivity index (χ3n) is 4.82. The molecule has 0 atom stereocenters. The molecule has 0 spiro atoms. The van der Waals surface area contributed by atoms with Gasteiger partial charge < -0.3 is 4.74 Å². The second-order valence-corrected chi connectivity index (χ2v) is 9.59. The molecule has 0 aliphatic rings. The second-order valence-electron chi connectivity index (χ2n) is 7.91. The summed E-state index contributed by atoms with van der Waals surface area (Å²) in [6, 6.07) is 13.0. The number of methoxy groups -OCH3 is 1. The fourth-order valence-electron chi connectivity index (χ4n) is 3.10. The van der Waals surface area contributed by atoms with Gasteiger partial charge in [0.25, 0.3) is 0 Å². The summed E-state index contributed by atoms with van der Waals surface area (Å²) in [6.07, 6.45) is -4.66. The molecule has 2 aromatic carbocycles. The van der Waals surface area contributed by atoms with Crippen LogP contribution < -0.4 is 4.72 Å². The first kappa shape index (κ1) is 24.5. The molecule has 0 aliphatic carbocycles. The molecule has 7 nitrogen and oxygen atoms in total. The van der Waals surface area contributed by atoms with E-state index >= 15 is 0 Å². The monoisotopic (exact) mass is 481 g/mol. The number of hydrogen-bond donors (Lipinski definition) is 1. The summed E-state index contributed by atoms with van der Waals surface area (Å²) in [6.45, 7) is 4.55.